The van der Waals surface area contributed by atoms with Crippen molar-refractivity contribution in [2.75, 3.05) is 7.05 Å². The number of nitrogens with zero attached hydrogens (tertiary/aromatic N) is 3. The van der Waals surface area contributed by atoms with Crippen LogP contribution in [0, 0.1) is 10.1 Å². The molecule has 7 heteroatoms. The van der Waals surface area contributed by atoms with E-state index in [0.717, 1.165) is 12.4 Å². The summed E-state index contributed by atoms with van der Waals surface area (Å²) < 4.78 is 0. The van der Waals surface area contributed by atoms with E-state index in [1.165, 1.54) is 0 Å². The summed E-state index contributed by atoms with van der Waals surface area (Å²) in [5.74, 6) is 0.453. The van der Waals surface area contributed by atoms with E-state index >= 15 is 0 Å². The molecule has 0 aliphatic carbocycles. The van der Waals surface area contributed by atoms with E-state index in [9.17, 15) is 10.1 Å². The molecule has 0 spiro atoms. The predicted molar refractivity (Wildman–Crippen MR) is 77.3 cm³/mol. The summed E-state index contributed by atoms with van der Waals surface area (Å²) in [5.41, 5.74) is 6.15. The second-order valence-electron chi connectivity index (χ2n) is 3.15. The summed E-state index contributed by atoms with van der Waals surface area (Å²) in [6, 6.07) is 0. The third kappa shape index (κ3) is 10.2. The molecule has 0 saturated heterocycles. The van der Waals surface area contributed by atoms with Crippen LogP contribution in [0.4, 0.5) is 0 Å². The first kappa shape index (κ1) is 16.3. The minimum Gasteiger partial charge on any atom is -0.399 e. The zero-order chi connectivity index (χ0) is 14.5. The molecule has 3 N–H and O–H groups in total. The maximum atomic E-state index is 10.1. The van der Waals surface area contributed by atoms with Crippen LogP contribution in [0.15, 0.2) is 58.6 Å². The topological polar surface area (TPSA) is 106 Å². The number of rotatable bonds is 6. The van der Waals surface area contributed by atoms with Crippen LogP contribution in [0.3, 0.4) is 0 Å². The van der Waals surface area contributed by atoms with Gasteiger partial charge in [0.1, 0.15) is 5.84 Å². The zero-order valence-electron chi connectivity index (χ0n) is 10.9. The third-order valence-corrected chi connectivity index (χ3v) is 1.65. The molecule has 7 nitrogen and oxygen atoms in total. The molecule has 0 atom stereocenters. The molecule has 0 aromatic rings. The molecule has 19 heavy (non-hydrogen) atoms. The number of allylic oxidation sites excluding steroid dienone is 3. The zero-order valence-corrected chi connectivity index (χ0v) is 10.9. The Morgan fingerprint density at radius 2 is 2.16 bits per heavy atom. The Morgan fingerprint density at radius 3 is 2.74 bits per heavy atom. The van der Waals surface area contributed by atoms with Crippen LogP contribution in [0.25, 0.3) is 0 Å². The van der Waals surface area contributed by atoms with Gasteiger partial charge in [-0.15, -0.1) is 0 Å². The Kier molecular flexibility index (Phi) is 8.97. The maximum Gasteiger partial charge on any atom is 0.252 e. The van der Waals surface area contributed by atoms with E-state index < -0.39 is 4.92 Å². The lowest BCUT2D eigenvalue weighted by atomic mass is 10.4. The molecule has 0 aliphatic heterocycles. The summed E-state index contributed by atoms with van der Waals surface area (Å²) in [4.78, 5) is 17.2. The van der Waals surface area contributed by atoms with E-state index in [4.69, 9.17) is 5.73 Å². The van der Waals surface area contributed by atoms with Gasteiger partial charge in [0, 0.05) is 25.2 Å². The van der Waals surface area contributed by atoms with Crippen LogP contribution in [-0.2, 0) is 0 Å². The van der Waals surface area contributed by atoms with Gasteiger partial charge in [0.05, 0.1) is 11.1 Å². The van der Waals surface area contributed by atoms with E-state index in [1.54, 1.807) is 43.8 Å². The highest BCUT2D eigenvalue weighted by molar-refractivity contribution is 5.93. The minimum atomic E-state index is -0.586. The summed E-state index contributed by atoms with van der Waals surface area (Å²) >= 11 is 0. The molecule has 0 heterocycles. The van der Waals surface area contributed by atoms with Gasteiger partial charge in [-0.25, -0.2) is 4.99 Å². The average molecular weight is 263 g/mol. The monoisotopic (exact) mass is 263 g/mol. The third-order valence-electron chi connectivity index (χ3n) is 1.65. The van der Waals surface area contributed by atoms with Gasteiger partial charge in [-0.05, 0) is 25.2 Å². The molecule has 102 valence electrons. The number of amidine groups is 1. The van der Waals surface area contributed by atoms with Crippen molar-refractivity contribution in [1.82, 2.24) is 5.32 Å². The van der Waals surface area contributed by atoms with Crippen molar-refractivity contribution in [3.8, 4) is 0 Å². The summed E-state index contributed by atoms with van der Waals surface area (Å²) in [7, 11) is 1.64. The summed E-state index contributed by atoms with van der Waals surface area (Å²) in [5, 5.41) is 12.9. The Labute approximate surface area is 111 Å². The standard InChI is InChI=1S/C12H17N5O2/c1-3-4-12(16-9-10-17(18)19)15-8-6-11(13)5-7-14-2/h3-10H,13H2,1-2H3,(H,15,16)/b4-3-,8-6+,10-9+,11-5+,14-7?. The summed E-state index contributed by atoms with van der Waals surface area (Å²) in [6.45, 7) is 1.81. The first-order valence-electron chi connectivity index (χ1n) is 5.41. The highest BCUT2D eigenvalue weighted by Gasteiger charge is 1.89. The van der Waals surface area contributed by atoms with Gasteiger partial charge in [-0.2, -0.15) is 0 Å². The van der Waals surface area contributed by atoms with Crippen molar-refractivity contribution >= 4 is 12.1 Å². The molecule has 0 saturated carbocycles. The molecule has 0 aromatic heterocycles. The van der Waals surface area contributed by atoms with Gasteiger partial charge in [-0.3, -0.25) is 15.1 Å². The van der Waals surface area contributed by atoms with Crippen LogP contribution in [0.5, 0.6) is 0 Å². The quantitative estimate of drug-likeness (QED) is 0.248. The first-order valence-corrected chi connectivity index (χ1v) is 5.41. The number of hydrogen-bond donors (Lipinski definition) is 2. The highest BCUT2D eigenvalue weighted by atomic mass is 16.6. The van der Waals surface area contributed by atoms with Crippen LogP contribution in [-0.4, -0.2) is 24.0 Å². The number of nitrogens with one attached hydrogen (secondary N) is 1. The SMILES string of the molecule is C\C=C/C(=N\C=C\[N+](=O)[O-])N/C=C/C(N)=C\C=NC. The fourth-order valence-corrected chi connectivity index (χ4v) is 0.894. The van der Waals surface area contributed by atoms with Gasteiger partial charge >= 0.3 is 0 Å². The Bertz CT molecular complexity index is 459. The van der Waals surface area contributed by atoms with Gasteiger partial charge in [0.2, 0.25) is 0 Å². The van der Waals surface area contributed by atoms with E-state index in [1.807, 2.05) is 6.92 Å². The van der Waals surface area contributed by atoms with E-state index in [2.05, 4.69) is 15.3 Å². The molecule has 0 radical (unpaired) electrons. The lowest BCUT2D eigenvalue weighted by Gasteiger charge is -1.98. The molecular weight excluding hydrogens is 246 g/mol. The van der Waals surface area contributed by atoms with Crippen molar-refractivity contribution in [2.24, 2.45) is 15.7 Å². The Hall–Kier alpha value is -2.70. The smallest absolute Gasteiger partial charge is 0.252 e. The molecule has 0 bridgehead atoms. The number of aliphatic imine (C=N–C) groups is 2. The normalized spacial score (nSPS) is 14.2. The molecule has 0 unspecified atom stereocenters. The van der Waals surface area contributed by atoms with Gasteiger partial charge in [0.15, 0.2) is 0 Å². The number of nitrogens with two attached hydrogens (primary N) is 1. The van der Waals surface area contributed by atoms with Gasteiger partial charge in [0.25, 0.3) is 6.20 Å². The minimum absolute atomic E-state index is 0.453. The molecule has 0 aliphatic rings. The van der Waals surface area contributed by atoms with Crippen LogP contribution in [0.2, 0.25) is 0 Å². The van der Waals surface area contributed by atoms with Gasteiger partial charge < -0.3 is 11.1 Å². The number of nitro groups is 1. The van der Waals surface area contributed by atoms with Gasteiger partial charge in [-0.1, -0.05) is 6.08 Å². The average Bonchev–Trinajstić information content (AvgIpc) is 2.36. The molecule has 0 amide bonds. The molecule has 0 rings (SSSR count). The second-order valence-corrected chi connectivity index (χ2v) is 3.15. The first-order chi connectivity index (χ1) is 9.10. The van der Waals surface area contributed by atoms with Crippen LogP contribution >= 0.6 is 0 Å². The largest absolute Gasteiger partial charge is 0.399 e. The van der Waals surface area contributed by atoms with Crippen molar-refractivity contribution < 1.29 is 4.92 Å². The Balaban J connectivity index is 4.61. The van der Waals surface area contributed by atoms with E-state index in [0.29, 0.717) is 11.5 Å². The Morgan fingerprint density at radius 1 is 1.42 bits per heavy atom. The molecule has 0 aromatic carbocycles. The van der Waals surface area contributed by atoms with Crippen LogP contribution < -0.4 is 11.1 Å². The second kappa shape index (κ2) is 10.5. The lowest BCUT2D eigenvalue weighted by Crippen LogP contribution is -2.14. The van der Waals surface area contributed by atoms with Crippen molar-refractivity contribution in [3.63, 3.8) is 0 Å². The molecule has 0 fully saturated rings. The fourth-order valence-electron chi connectivity index (χ4n) is 0.894. The predicted octanol–water partition coefficient (Wildman–Crippen LogP) is 1.36. The maximum absolute atomic E-state index is 10.1. The van der Waals surface area contributed by atoms with E-state index in [-0.39, 0.29) is 0 Å². The highest BCUT2D eigenvalue weighted by Crippen LogP contribution is 1.87. The van der Waals surface area contributed by atoms with Crippen molar-refractivity contribution in [2.45, 2.75) is 6.92 Å². The molecular formula is C12H17N5O2. The van der Waals surface area contributed by atoms with Crippen molar-refractivity contribution in [1.29, 1.82) is 0 Å². The van der Waals surface area contributed by atoms with Crippen LogP contribution in [0.1, 0.15) is 6.92 Å². The lowest BCUT2D eigenvalue weighted by molar-refractivity contribution is -0.402. The van der Waals surface area contributed by atoms with Crippen molar-refractivity contribution in [3.05, 3.63) is 58.7 Å². The number of hydrogen-bond acceptors (Lipinski definition) is 5. The fraction of sp³-hybridized carbons (Fsp3) is 0.167. The summed E-state index contributed by atoms with van der Waals surface area (Å²) in [6.07, 6.45) is 11.7.